The van der Waals surface area contributed by atoms with Crippen molar-refractivity contribution in [3.05, 3.63) is 108 Å². The standard InChI is InChI=1S/C46H64N8O5.3C2HF3O2/c1-32(2)26-39(52-43(57)40(29-35-18-10-5-11-19-35)51-41(55)36(48)27-33-14-6-3-7-15-33)42(56)50-38(20-12-13-23-47)45(59)53-24-21-46(22-25-53)30-54(31-46)44(58)37(49)28-34-16-8-4-9-17-34;3*3-2(4,5)1(6)7/h3-11,14-19,32,36-40H,12-13,20-31,47-49H2,1-2H3,(H,50,56)(H,51,55)(H,52,57);3*(H,6,7). The van der Waals surface area contributed by atoms with Crippen LogP contribution in [0, 0.1) is 11.3 Å². The van der Waals surface area contributed by atoms with Crippen LogP contribution in [-0.4, -0.2) is 154 Å². The number of carbonyl (C=O) groups is 8. The fourth-order valence-corrected chi connectivity index (χ4v) is 8.14. The average Bonchev–Trinajstić information content (AvgIpc) is 3.40. The summed E-state index contributed by atoms with van der Waals surface area (Å²) in [6, 6.07) is 24.3. The second-order valence-corrected chi connectivity index (χ2v) is 19.3. The van der Waals surface area contributed by atoms with Crippen molar-refractivity contribution in [3.8, 4) is 0 Å². The maximum atomic E-state index is 14.1. The number of carbonyl (C=O) groups excluding carboxylic acids is 5. The molecule has 0 aliphatic carbocycles. The molecule has 2 fully saturated rings. The Morgan fingerprint density at radius 1 is 0.525 bits per heavy atom. The van der Waals surface area contributed by atoms with E-state index < -0.39 is 84.4 Å². The summed E-state index contributed by atoms with van der Waals surface area (Å²) in [5.41, 5.74) is 21.1. The van der Waals surface area contributed by atoms with Crippen molar-refractivity contribution >= 4 is 47.4 Å². The Labute approximate surface area is 454 Å². The normalized spacial score (nSPS) is 15.7. The number of hydrogen-bond acceptors (Lipinski definition) is 11. The fourth-order valence-electron chi connectivity index (χ4n) is 8.14. The highest BCUT2D eigenvalue weighted by atomic mass is 19.4. The molecule has 5 rings (SSSR count). The van der Waals surface area contributed by atoms with Gasteiger partial charge in [0.25, 0.3) is 0 Å². The highest BCUT2D eigenvalue weighted by Crippen LogP contribution is 2.41. The lowest BCUT2D eigenvalue weighted by atomic mass is 9.71. The van der Waals surface area contributed by atoms with Gasteiger partial charge in [-0.25, -0.2) is 14.4 Å². The van der Waals surface area contributed by atoms with Gasteiger partial charge in [0.05, 0.1) is 12.1 Å². The van der Waals surface area contributed by atoms with E-state index >= 15 is 0 Å². The lowest BCUT2D eigenvalue weighted by Gasteiger charge is -2.54. The molecule has 3 aromatic carbocycles. The number of nitrogens with zero attached hydrogens (tertiary/aromatic N) is 2. The van der Waals surface area contributed by atoms with Crippen molar-refractivity contribution in [2.24, 2.45) is 28.5 Å². The summed E-state index contributed by atoms with van der Waals surface area (Å²) in [4.78, 5) is 99.1. The van der Waals surface area contributed by atoms with E-state index in [9.17, 15) is 63.5 Å². The molecular formula is C52H67F9N8O11. The van der Waals surface area contributed by atoms with Crippen LogP contribution in [0.5, 0.6) is 0 Å². The summed E-state index contributed by atoms with van der Waals surface area (Å²) in [5, 5.41) is 30.1. The molecule has 3 aromatic rings. The Morgan fingerprint density at radius 3 is 1.27 bits per heavy atom. The Kier molecular flexibility index (Phi) is 27.6. The predicted molar refractivity (Wildman–Crippen MR) is 270 cm³/mol. The van der Waals surface area contributed by atoms with Crippen LogP contribution in [-0.2, 0) is 57.6 Å². The van der Waals surface area contributed by atoms with Gasteiger partial charge in [-0.15, -0.1) is 0 Å². The first-order valence-corrected chi connectivity index (χ1v) is 24.9. The molecule has 19 nitrogen and oxygen atoms in total. The van der Waals surface area contributed by atoms with E-state index in [1.165, 1.54) is 0 Å². The minimum atomic E-state index is -5.08. The summed E-state index contributed by atoms with van der Waals surface area (Å²) < 4.78 is 95.2. The zero-order valence-electron chi connectivity index (χ0n) is 43.7. The minimum absolute atomic E-state index is 0.0268. The first-order chi connectivity index (χ1) is 37.2. The molecule has 1 spiro atoms. The minimum Gasteiger partial charge on any atom is -0.475 e. The zero-order chi connectivity index (χ0) is 60.6. The number of rotatable bonds is 20. The third-order valence-corrected chi connectivity index (χ3v) is 12.3. The predicted octanol–water partition coefficient (Wildman–Crippen LogP) is 4.35. The van der Waals surface area contributed by atoms with Crippen molar-refractivity contribution in [1.82, 2.24) is 25.8 Å². The number of amides is 5. The Morgan fingerprint density at radius 2 is 0.887 bits per heavy atom. The largest absolute Gasteiger partial charge is 0.490 e. The van der Waals surface area contributed by atoms with Gasteiger partial charge in [0, 0.05) is 38.0 Å². The molecular weight excluding hydrogens is 1080 g/mol. The van der Waals surface area contributed by atoms with Crippen LogP contribution in [0.15, 0.2) is 91.0 Å². The molecule has 5 unspecified atom stereocenters. The van der Waals surface area contributed by atoms with E-state index in [-0.39, 0.29) is 29.6 Å². The monoisotopic (exact) mass is 1150 g/mol. The lowest BCUT2D eigenvalue weighted by Crippen LogP contribution is -2.65. The first kappa shape index (κ1) is 68.8. The first-order valence-electron chi connectivity index (χ1n) is 24.9. The Bertz CT molecular complexity index is 2400. The average molecular weight is 1150 g/mol. The molecule has 0 bridgehead atoms. The summed E-state index contributed by atoms with van der Waals surface area (Å²) in [6.45, 7) is 6.64. The van der Waals surface area contributed by atoms with Gasteiger partial charge in [-0.05, 0) is 80.5 Å². The molecule has 444 valence electrons. The Balaban J connectivity index is 0.000000877. The van der Waals surface area contributed by atoms with Crippen LogP contribution in [0.25, 0.3) is 0 Å². The van der Waals surface area contributed by atoms with Gasteiger partial charge in [-0.1, -0.05) is 105 Å². The molecule has 5 amide bonds. The number of alkyl halides is 9. The molecule has 2 aliphatic heterocycles. The number of benzene rings is 3. The summed E-state index contributed by atoms with van der Waals surface area (Å²) >= 11 is 0. The van der Waals surface area contributed by atoms with Gasteiger partial charge in [-0.2, -0.15) is 39.5 Å². The van der Waals surface area contributed by atoms with Crippen molar-refractivity contribution in [3.63, 3.8) is 0 Å². The topological polar surface area (TPSA) is 318 Å². The number of carboxylic acids is 3. The molecule has 2 aliphatic rings. The zero-order valence-corrected chi connectivity index (χ0v) is 43.7. The van der Waals surface area contributed by atoms with Gasteiger partial charge in [0.15, 0.2) is 0 Å². The van der Waals surface area contributed by atoms with Crippen LogP contribution < -0.4 is 33.2 Å². The SMILES string of the molecule is CC(C)CC(NC(=O)C(Cc1ccccc1)NC(=O)C(N)Cc1ccccc1)C(=O)NC(CCCCN)C(=O)N1CCC2(CC1)CN(C(=O)C(N)Cc1ccccc1)C2.O=C(O)C(F)(F)F.O=C(O)C(F)(F)F.O=C(O)C(F)(F)F. The van der Waals surface area contributed by atoms with Gasteiger partial charge in [0.2, 0.25) is 29.5 Å². The van der Waals surface area contributed by atoms with Gasteiger partial charge < -0.3 is 58.3 Å². The van der Waals surface area contributed by atoms with Crippen molar-refractivity contribution in [2.75, 3.05) is 32.7 Å². The van der Waals surface area contributed by atoms with E-state index in [0.29, 0.717) is 71.2 Å². The molecule has 0 aromatic heterocycles. The smallest absolute Gasteiger partial charge is 0.475 e. The quantitative estimate of drug-likeness (QED) is 0.0562. The molecule has 80 heavy (non-hydrogen) atoms. The van der Waals surface area contributed by atoms with Crippen LogP contribution in [0.2, 0.25) is 0 Å². The number of piperidine rings is 1. The molecule has 2 saturated heterocycles. The van der Waals surface area contributed by atoms with Crippen LogP contribution in [0.4, 0.5) is 39.5 Å². The van der Waals surface area contributed by atoms with Crippen molar-refractivity contribution in [1.29, 1.82) is 0 Å². The second-order valence-electron chi connectivity index (χ2n) is 19.3. The van der Waals surface area contributed by atoms with E-state index in [2.05, 4.69) is 16.0 Å². The third kappa shape index (κ3) is 24.8. The van der Waals surface area contributed by atoms with E-state index in [0.717, 1.165) is 29.5 Å². The third-order valence-electron chi connectivity index (χ3n) is 12.3. The van der Waals surface area contributed by atoms with E-state index in [1.54, 1.807) is 0 Å². The molecule has 12 N–H and O–H groups in total. The summed E-state index contributed by atoms with van der Waals surface area (Å²) in [7, 11) is 0. The fraction of sp³-hybridized carbons (Fsp3) is 0.500. The number of likely N-dealkylation sites (tertiary alicyclic amines) is 2. The molecule has 2 heterocycles. The molecule has 0 radical (unpaired) electrons. The summed E-state index contributed by atoms with van der Waals surface area (Å²) in [5.74, 6) is -9.92. The molecule has 5 atom stereocenters. The van der Waals surface area contributed by atoms with Crippen LogP contribution in [0.3, 0.4) is 0 Å². The second kappa shape index (κ2) is 32.1. The number of nitrogens with one attached hydrogen (secondary N) is 3. The maximum Gasteiger partial charge on any atom is 0.490 e. The highest BCUT2D eigenvalue weighted by molar-refractivity contribution is 5.95. The summed E-state index contributed by atoms with van der Waals surface area (Å²) in [6.07, 6.45) is -10.7. The van der Waals surface area contributed by atoms with Crippen molar-refractivity contribution < 1.29 is 93.2 Å². The number of hydrogen-bond donors (Lipinski definition) is 9. The van der Waals surface area contributed by atoms with E-state index in [4.69, 9.17) is 46.9 Å². The molecule has 0 saturated carbocycles. The number of carboxylic acid groups (broad SMARTS) is 3. The van der Waals surface area contributed by atoms with E-state index in [1.807, 2.05) is 115 Å². The van der Waals surface area contributed by atoms with Crippen LogP contribution >= 0.6 is 0 Å². The number of nitrogens with two attached hydrogens (primary N) is 3. The molecule has 28 heteroatoms. The lowest BCUT2D eigenvalue weighted by molar-refractivity contribution is -0.193. The Hall–Kier alpha value is -7.33. The van der Waals surface area contributed by atoms with Crippen molar-refractivity contribution in [2.45, 2.75) is 120 Å². The highest BCUT2D eigenvalue weighted by Gasteiger charge is 2.48. The maximum absolute atomic E-state index is 14.1. The van der Waals surface area contributed by atoms with Gasteiger partial charge in [0.1, 0.15) is 18.1 Å². The number of halogens is 9. The number of aliphatic carboxylic acids is 3. The van der Waals surface area contributed by atoms with Gasteiger partial charge >= 0.3 is 36.4 Å². The number of unbranched alkanes of at least 4 members (excludes halogenated alkanes) is 1. The van der Waals surface area contributed by atoms with Crippen LogP contribution in [0.1, 0.15) is 69.1 Å². The van der Waals surface area contributed by atoms with Gasteiger partial charge in [-0.3, -0.25) is 24.0 Å².